The molecule has 0 aromatic carbocycles. The average Bonchev–Trinajstić information content (AvgIpc) is 3.14. The predicted octanol–water partition coefficient (Wildman–Crippen LogP) is 3.56. The first-order valence-electron chi connectivity index (χ1n) is 8.62. The number of hydrogen-bond acceptors (Lipinski definition) is 4. The van der Waals surface area contributed by atoms with Gasteiger partial charge < -0.3 is 9.84 Å². The third kappa shape index (κ3) is 3.09. The minimum Gasteiger partial charge on any atom is -0.360 e. The molecule has 3 rings (SSSR count). The number of nitrogens with one attached hydrogen (secondary N) is 1. The van der Waals surface area contributed by atoms with Crippen molar-refractivity contribution in [1.29, 1.82) is 0 Å². The lowest BCUT2D eigenvalue weighted by Gasteiger charge is -2.28. The highest BCUT2D eigenvalue weighted by molar-refractivity contribution is 5.92. The highest BCUT2D eigenvalue weighted by Crippen LogP contribution is 2.32. The summed E-state index contributed by atoms with van der Waals surface area (Å²) in [6.45, 7) is 10.5. The Kier molecular flexibility index (Phi) is 4.24. The number of aromatic nitrogens is 3. The number of nitrogens with zero attached hydrogens (tertiary/aromatic N) is 3. The van der Waals surface area contributed by atoms with E-state index in [1.165, 1.54) is 5.69 Å². The number of hydrogen-bond donors (Lipinski definition) is 1. The largest absolute Gasteiger partial charge is 0.360 e. The van der Waals surface area contributed by atoms with Crippen LogP contribution in [0.5, 0.6) is 0 Å². The molecule has 2 aromatic rings. The summed E-state index contributed by atoms with van der Waals surface area (Å²) in [6.07, 6.45) is 4.85. The molecule has 2 heterocycles. The molecule has 1 N–H and O–H groups in total. The van der Waals surface area contributed by atoms with Crippen molar-refractivity contribution in [1.82, 2.24) is 20.3 Å². The van der Waals surface area contributed by atoms with Gasteiger partial charge in [0.15, 0.2) is 5.69 Å². The molecule has 1 aliphatic carbocycles. The van der Waals surface area contributed by atoms with E-state index in [-0.39, 0.29) is 23.4 Å². The molecule has 24 heavy (non-hydrogen) atoms. The summed E-state index contributed by atoms with van der Waals surface area (Å²) in [5.41, 5.74) is 2.63. The lowest BCUT2D eigenvalue weighted by atomic mass is 9.92. The second-order valence-electron chi connectivity index (χ2n) is 7.82. The van der Waals surface area contributed by atoms with Crippen LogP contribution in [0.4, 0.5) is 0 Å². The molecule has 0 spiro atoms. The molecule has 1 atom stereocenters. The van der Waals surface area contributed by atoms with Crippen molar-refractivity contribution < 1.29 is 9.32 Å². The Hall–Kier alpha value is -2.11. The number of rotatable bonds is 3. The van der Waals surface area contributed by atoms with E-state index in [1.54, 1.807) is 6.07 Å². The molecular formula is C18H26N4O2. The Labute approximate surface area is 142 Å². The molecule has 130 valence electrons. The fourth-order valence-corrected chi connectivity index (χ4v) is 3.19. The lowest BCUT2D eigenvalue weighted by molar-refractivity contribution is 0.0923. The Bertz CT molecular complexity index is 737. The SMILES string of the molecule is CC(C)c1cc(C(=O)N[C@H]2CCCc3c2cnn3C(C)(C)C)no1. The first-order chi connectivity index (χ1) is 11.3. The van der Waals surface area contributed by atoms with E-state index in [9.17, 15) is 4.79 Å². The van der Waals surface area contributed by atoms with Crippen molar-refractivity contribution in [3.8, 4) is 0 Å². The molecule has 1 amide bonds. The summed E-state index contributed by atoms with van der Waals surface area (Å²) < 4.78 is 7.30. The van der Waals surface area contributed by atoms with Crippen molar-refractivity contribution >= 4 is 5.91 Å². The first kappa shape index (κ1) is 16.7. The second kappa shape index (κ2) is 6.07. The molecule has 0 saturated carbocycles. The molecule has 0 radical (unpaired) electrons. The number of carbonyl (C=O) groups is 1. The van der Waals surface area contributed by atoms with E-state index in [1.807, 2.05) is 20.0 Å². The highest BCUT2D eigenvalue weighted by Gasteiger charge is 2.29. The van der Waals surface area contributed by atoms with Gasteiger partial charge in [0, 0.05) is 23.2 Å². The van der Waals surface area contributed by atoms with Gasteiger partial charge in [-0.1, -0.05) is 19.0 Å². The zero-order chi connectivity index (χ0) is 17.5. The zero-order valence-electron chi connectivity index (χ0n) is 15.1. The van der Waals surface area contributed by atoms with Crippen LogP contribution >= 0.6 is 0 Å². The summed E-state index contributed by atoms with van der Waals surface area (Å²) in [4.78, 5) is 12.5. The van der Waals surface area contributed by atoms with Crippen LogP contribution < -0.4 is 5.32 Å². The minimum absolute atomic E-state index is 0.0171. The van der Waals surface area contributed by atoms with Crippen molar-refractivity contribution in [3.63, 3.8) is 0 Å². The van der Waals surface area contributed by atoms with E-state index < -0.39 is 0 Å². The topological polar surface area (TPSA) is 73.0 Å². The van der Waals surface area contributed by atoms with Gasteiger partial charge in [-0.15, -0.1) is 0 Å². The molecule has 0 bridgehead atoms. The van der Waals surface area contributed by atoms with Crippen LogP contribution in [0.3, 0.4) is 0 Å². The van der Waals surface area contributed by atoms with Gasteiger partial charge in [-0.05, 0) is 40.0 Å². The fourth-order valence-electron chi connectivity index (χ4n) is 3.19. The number of fused-ring (bicyclic) bond motifs is 1. The maximum atomic E-state index is 12.5. The van der Waals surface area contributed by atoms with Crippen molar-refractivity contribution in [2.45, 2.75) is 71.4 Å². The maximum absolute atomic E-state index is 12.5. The van der Waals surface area contributed by atoms with E-state index in [0.717, 1.165) is 30.6 Å². The quantitative estimate of drug-likeness (QED) is 0.934. The second-order valence-corrected chi connectivity index (χ2v) is 7.82. The van der Waals surface area contributed by atoms with Gasteiger partial charge in [-0.2, -0.15) is 5.10 Å². The van der Waals surface area contributed by atoms with Gasteiger partial charge in [0.25, 0.3) is 5.91 Å². The summed E-state index contributed by atoms with van der Waals surface area (Å²) in [5, 5.41) is 11.5. The zero-order valence-corrected chi connectivity index (χ0v) is 15.1. The minimum atomic E-state index is -0.188. The smallest absolute Gasteiger partial charge is 0.273 e. The van der Waals surface area contributed by atoms with E-state index in [4.69, 9.17) is 4.52 Å². The van der Waals surface area contributed by atoms with Gasteiger partial charge >= 0.3 is 0 Å². The molecule has 1 aliphatic rings. The standard InChI is InChI=1S/C18H26N4O2/c1-11(2)16-9-14(21-24-16)17(23)20-13-7-6-8-15-12(13)10-19-22(15)18(3,4)5/h9-11,13H,6-8H2,1-5H3,(H,20,23)/t13-/m0/s1. The van der Waals surface area contributed by atoms with Gasteiger partial charge in [0.1, 0.15) is 5.76 Å². The third-order valence-corrected chi connectivity index (χ3v) is 4.45. The first-order valence-corrected chi connectivity index (χ1v) is 8.62. The molecule has 6 heteroatoms. The molecule has 6 nitrogen and oxygen atoms in total. The van der Waals surface area contributed by atoms with E-state index >= 15 is 0 Å². The van der Waals surface area contributed by atoms with Crippen LogP contribution in [0, 0.1) is 0 Å². The number of amides is 1. The maximum Gasteiger partial charge on any atom is 0.273 e. The van der Waals surface area contributed by atoms with Crippen LogP contribution in [0.1, 0.15) is 86.9 Å². The highest BCUT2D eigenvalue weighted by atomic mass is 16.5. The molecule has 0 saturated heterocycles. The van der Waals surface area contributed by atoms with Gasteiger partial charge in [-0.25, -0.2) is 0 Å². The molecule has 0 unspecified atom stereocenters. The lowest BCUT2D eigenvalue weighted by Crippen LogP contribution is -2.32. The van der Waals surface area contributed by atoms with Crippen molar-refractivity contribution in [3.05, 3.63) is 35.0 Å². The Morgan fingerprint density at radius 3 is 2.79 bits per heavy atom. The van der Waals surface area contributed by atoms with Crippen LogP contribution in [0.2, 0.25) is 0 Å². The summed E-state index contributed by atoms with van der Waals surface area (Å²) in [7, 11) is 0. The van der Waals surface area contributed by atoms with Crippen molar-refractivity contribution in [2.24, 2.45) is 0 Å². The molecular weight excluding hydrogens is 304 g/mol. The number of carbonyl (C=O) groups excluding carboxylic acids is 1. The van der Waals surface area contributed by atoms with Crippen LogP contribution in [0.15, 0.2) is 16.8 Å². The third-order valence-electron chi connectivity index (χ3n) is 4.45. The van der Waals surface area contributed by atoms with Gasteiger partial charge in [0.2, 0.25) is 0 Å². The normalized spacial score (nSPS) is 17.8. The molecule has 0 fully saturated rings. The summed E-state index contributed by atoms with van der Waals surface area (Å²) in [6, 6.07) is 1.71. The summed E-state index contributed by atoms with van der Waals surface area (Å²) >= 11 is 0. The van der Waals surface area contributed by atoms with Crippen LogP contribution in [-0.2, 0) is 12.0 Å². The fraction of sp³-hybridized carbons (Fsp3) is 0.611. The Morgan fingerprint density at radius 1 is 1.42 bits per heavy atom. The van der Waals surface area contributed by atoms with Gasteiger partial charge in [-0.3, -0.25) is 9.48 Å². The van der Waals surface area contributed by atoms with Gasteiger partial charge in [0.05, 0.1) is 17.8 Å². The molecule has 2 aromatic heterocycles. The average molecular weight is 330 g/mol. The predicted molar refractivity (Wildman–Crippen MR) is 91.0 cm³/mol. The molecule has 0 aliphatic heterocycles. The van der Waals surface area contributed by atoms with Crippen molar-refractivity contribution in [2.75, 3.05) is 0 Å². The summed E-state index contributed by atoms with van der Waals surface area (Å²) in [5.74, 6) is 0.752. The van der Waals surface area contributed by atoms with E-state index in [2.05, 4.69) is 41.0 Å². The van der Waals surface area contributed by atoms with E-state index in [0.29, 0.717) is 5.69 Å². The van der Waals surface area contributed by atoms with Crippen LogP contribution in [-0.4, -0.2) is 20.8 Å². The van der Waals surface area contributed by atoms with Crippen LogP contribution in [0.25, 0.3) is 0 Å². The Morgan fingerprint density at radius 2 is 2.17 bits per heavy atom. The monoisotopic (exact) mass is 330 g/mol. The Balaban J connectivity index is 1.80.